The Balaban J connectivity index is 2.03. The summed E-state index contributed by atoms with van der Waals surface area (Å²) in [5, 5.41) is 15.2. The lowest BCUT2D eigenvalue weighted by molar-refractivity contribution is 0.0820. The second-order valence-corrected chi connectivity index (χ2v) is 8.15. The van der Waals surface area contributed by atoms with E-state index in [9.17, 15) is 5.11 Å². The third-order valence-electron chi connectivity index (χ3n) is 5.90. The number of nitrogens with zero attached hydrogens (tertiary/aromatic N) is 3. The number of aliphatic hydroxyl groups is 1. The molecule has 6 heteroatoms. The number of benzene rings is 2. The summed E-state index contributed by atoms with van der Waals surface area (Å²) in [6, 6.07) is 18.0. The van der Waals surface area contributed by atoms with Crippen LogP contribution in [-0.4, -0.2) is 45.6 Å². The van der Waals surface area contributed by atoms with Crippen molar-refractivity contribution in [1.82, 2.24) is 14.7 Å². The van der Waals surface area contributed by atoms with Crippen molar-refractivity contribution < 1.29 is 14.6 Å². The topological polar surface area (TPSA) is 59.8 Å². The smallest absolute Gasteiger partial charge is 0.222 e. The van der Waals surface area contributed by atoms with E-state index in [1.54, 1.807) is 11.8 Å². The van der Waals surface area contributed by atoms with Crippen LogP contribution in [0.3, 0.4) is 0 Å². The van der Waals surface area contributed by atoms with Crippen molar-refractivity contribution in [2.75, 3.05) is 13.7 Å². The Morgan fingerprint density at radius 1 is 1.00 bits per heavy atom. The molecule has 0 unspecified atom stereocenters. The van der Waals surface area contributed by atoms with Crippen LogP contribution in [0.15, 0.2) is 54.6 Å². The van der Waals surface area contributed by atoms with Crippen molar-refractivity contribution in [3.8, 4) is 28.6 Å². The SMILES string of the molecule is CC[C@@H](O)CN(Cc1c(-c2ccccc2)nn(C)c1Oc1ccc(OC)cc1)[C@@H](C)CC. The van der Waals surface area contributed by atoms with Gasteiger partial charge >= 0.3 is 0 Å². The van der Waals surface area contributed by atoms with Crippen LogP contribution in [0.2, 0.25) is 0 Å². The Morgan fingerprint density at radius 2 is 1.66 bits per heavy atom. The lowest BCUT2D eigenvalue weighted by atomic mass is 10.1. The summed E-state index contributed by atoms with van der Waals surface area (Å²) in [5.41, 5.74) is 2.96. The van der Waals surface area contributed by atoms with Crippen LogP contribution in [-0.2, 0) is 13.6 Å². The summed E-state index contributed by atoms with van der Waals surface area (Å²) >= 11 is 0. The first kappa shape index (κ1) is 23.8. The van der Waals surface area contributed by atoms with Gasteiger partial charge in [-0.05, 0) is 44.0 Å². The maximum atomic E-state index is 10.4. The van der Waals surface area contributed by atoms with E-state index >= 15 is 0 Å². The van der Waals surface area contributed by atoms with Crippen LogP contribution in [0, 0.1) is 0 Å². The number of methoxy groups -OCH3 is 1. The molecule has 0 saturated carbocycles. The lowest BCUT2D eigenvalue weighted by Gasteiger charge is -2.30. The highest BCUT2D eigenvalue weighted by atomic mass is 16.5. The van der Waals surface area contributed by atoms with Crippen molar-refractivity contribution in [2.24, 2.45) is 7.05 Å². The Hall–Kier alpha value is -2.83. The number of rotatable bonds is 11. The zero-order valence-corrected chi connectivity index (χ0v) is 19.8. The molecule has 3 aromatic rings. The number of aromatic nitrogens is 2. The predicted molar refractivity (Wildman–Crippen MR) is 128 cm³/mol. The molecule has 1 aromatic heterocycles. The van der Waals surface area contributed by atoms with E-state index in [0.29, 0.717) is 25.0 Å². The highest BCUT2D eigenvalue weighted by molar-refractivity contribution is 5.65. The lowest BCUT2D eigenvalue weighted by Crippen LogP contribution is -2.38. The van der Waals surface area contributed by atoms with Crippen LogP contribution >= 0.6 is 0 Å². The molecule has 0 spiro atoms. The largest absolute Gasteiger partial charge is 0.497 e. The quantitative estimate of drug-likeness (QED) is 0.443. The number of ether oxygens (including phenoxy) is 2. The van der Waals surface area contributed by atoms with Crippen molar-refractivity contribution in [2.45, 2.75) is 52.3 Å². The van der Waals surface area contributed by atoms with Crippen LogP contribution in [0.4, 0.5) is 0 Å². The number of hydrogen-bond donors (Lipinski definition) is 1. The van der Waals surface area contributed by atoms with Crippen LogP contribution in [0.5, 0.6) is 17.4 Å². The number of aliphatic hydroxyl groups excluding tert-OH is 1. The second-order valence-electron chi connectivity index (χ2n) is 8.15. The van der Waals surface area contributed by atoms with Gasteiger partial charge in [0.25, 0.3) is 0 Å². The monoisotopic (exact) mass is 437 g/mol. The molecule has 0 saturated heterocycles. The van der Waals surface area contributed by atoms with Gasteiger partial charge in [-0.3, -0.25) is 4.90 Å². The Kier molecular flexibility index (Phi) is 8.31. The van der Waals surface area contributed by atoms with Crippen LogP contribution in [0.1, 0.15) is 39.2 Å². The zero-order valence-electron chi connectivity index (χ0n) is 19.8. The summed E-state index contributed by atoms with van der Waals surface area (Å²) in [5.74, 6) is 2.20. The highest BCUT2D eigenvalue weighted by Gasteiger charge is 2.25. The van der Waals surface area contributed by atoms with Crippen molar-refractivity contribution in [1.29, 1.82) is 0 Å². The van der Waals surface area contributed by atoms with Crippen molar-refractivity contribution in [3.63, 3.8) is 0 Å². The highest BCUT2D eigenvalue weighted by Crippen LogP contribution is 2.35. The average molecular weight is 438 g/mol. The van der Waals surface area contributed by atoms with Gasteiger partial charge in [-0.1, -0.05) is 44.2 Å². The minimum Gasteiger partial charge on any atom is -0.497 e. The Labute approximate surface area is 191 Å². The molecular weight excluding hydrogens is 402 g/mol. The molecular formula is C26H35N3O3. The molecule has 172 valence electrons. The van der Waals surface area contributed by atoms with E-state index in [2.05, 4.69) is 30.9 Å². The number of hydrogen-bond acceptors (Lipinski definition) is 5. The van der Waals surface area contributed by atoms with Gasteiger partial charge in [0.2, 0.25) is 5.88 Å². The van der Waals surface area contributed by atoms with Gasteiger partial charge < -0.3 is 14.6 Å². The zero-order chi connectivity index (χ0) is 23.1. The summed E-state index contributed by atoms with van der Waals surface area (Å²) in [6.07, 6.45) is 1.35. The fourth-order valence-electron chi connectivity index (χ4n) is 3.67. The molecule has 32 heavy (non-hydrogen) atoms. The fourth-order valence-corrected chi connectivity index (χ4v) is 3.67. The van der Waals surface area contributed by atoms with Crippen LogP contribution in [0.25, 0.3) is 11.3 Å². The maximum Gasteiger partial charge on any atom is 0.222 e. The van der Waals surface area contributed by atoms with Gasteiger partial charge in [-0.25, -0.2) is 4.68 Å². The van der Waals surface area contributed by atoms with Gasteiger partial charge in [0.1, 0.15) is 17.2 Å². The maximum absolute atomic E-state index is 10.4. The van der Waals surface area contributed by atoms with Crippen LogP contribution < -0.4 is 9.47 Å². The molecule has 0 fully saturated rings. The average Bonchev–Trinajstić information content (AvgIpc) is 3.13. The fraction of sp³-hybridized carbons (Fsp3) is 0.423. The van der Waals surface area contributed by atoms with E-state index in [1.165, 1.54) is 0 Å². The first-order valence-electron chi connectivity index (χ1n) is 11.3. The number of aryl methyl sites for hydroxylation is 1. The van der Waals surface area contributed by atoms with E-state index in [0.717, 1.165) is 41.2 Å². The Morgan fingerprint density at radius 3 is 2.25 bits per heavy atom. The minimum absolute atomic E-state index is 0.314. The third kappa shape index (κ3) is 5.69. The molecule has 0 aliphatic heterocycles. The molecule has 1 heterocycles. The van der Waals surface area contributed by atoms with Gasteiger partial charge in [0.15, 0.2) is 0 Å². The molecule has 0 bridgehead atoms. The normalized spacial score (nSPS) is 13.2. The van der Waals surface area contributed by atoms with E-state index < -0.39 is 0 Å². The summed E-state index contributed by atoms with van der Waals surface area (Å²) in [6.45, 7) is 7.63. The van der Waals surface area contributed by atoms with Gasteiger partial charge in [-0.2, -0.15) is 5.10 Å². The molecule has 3 rings (SSSR count). The van der Waals surface area contributed by atoms with Gasteiger partial charge in [-0.15, -0.1) is 0 Å². The van der Waals surface area contributed by atoms with Gasteiger partial charge in [0.05, 0.1) is 18.8 Å². The van der Waals surface area contributed by atoms with Gasteiger partial charge in [0, 0.05) is 31.7 Å². The molecule has 0 radical (unpaired) electrons. The molecule has 0 amide bonds. The predicted octanol–water partition coefficient (Wildman–Crippen LogP) is 5.26. The minimum atomic E-state index is -0.369. The van der Waals surface area contributed by atoms with E-state index in [4.69, 9.17) is 14.6 Å². The second kappa shape index (κ2) is 11.2. The van der Waals surface area contributed by atoms with Crippen molar-refractivity contribution in [3.05, 3.63) is 60.2 Å². The summed E-state index contributed by atoms with van der Waals surface area (Å²) in [7, 11) is 3.55. The summed E-state index contributed by atoms with van der Waals surface area (Å²) in [4.78, 5) is 2.32. The molecule has 6 nitrogen and oxygen atoms in total. The first-order valence-corrected chi connectivity index (χ1v) is 11.3. The Bertz CT molecular complexity index is 970. The first-order chi connectivity index (χ1) is 15.5. The third-order valence-corrected chi connectivity index (χ3v) is 5.90. The van der Waals surface area contributed by atoms with E-state index in [1.807, 2.05) is 56.4 Å². The molecule has 1 N–H and O–H groups in total. The molecule has 2 aromatic carbocycles. The molecule has 2 atom stereocenters. The standard InChI is InChI=1S/C26H35N3O3/c1-6-19(3)29(17-21(30)7-2)18-24-25(20-11-9-8-10-12-20)27-28(4)26(24)32-23-15-13-22(31-5)14-16-23/h8-16,19,21,30H,6-7,17-18H2,1-5H3/t19-,21+/m0/s1. The summed E-state index contributed by atoms with van der Waals surface area (Å²) < 4.78 is 13.4. The molecule has 0 aliphatic carbocycles. The molecule has 0 aliphatic rings. The van der Waals surface area contributed by atoms with Crippen molar-refractivity contribution >= 4 is 0 Å². The van der Waals surface area contributed by atoms with E-state index in [-0.39, 0.29) is 6.10 Å².